The average Bonchev–Trinajstić information content (AvgIpc) is 2.95. The number of rotatable bonds is 5. The summed E-state index contributed by atoms with van der Waals surface area (Å²) < 4.78 is 44.6. The van der Waals surface area contributed by atoms with Gasteiger partial charge in [-0.1, -0.05) is 0 Å². The van der Waals surface area contributed by atoms with Gasteiger partial charge in [-0.15, -0.1) is 5.11 Å². The fraction of sp³-hybridized carbons (Fsp3) is 0.167. The van der Waals surface area contributed by atoms with Crippen molar-refractivity contribution in [3.8, 4) is 5.75 Å². The number of aryl methyl sites for hydroxylation is 1. The van der Waals surface area contributed by atoms with Crippen LogP contribution in [0.4, 0.5) is 15.8 Å². The van der Waals surface area contributed by atoms with Crippen LogP contribution in [-0.2, 0) is 10.0 Å². The van der Waals surface area contributed by atoms with Crippen LogP contribution in [0.1, 0.15) is 11.4 Å². The summed E-state index contributed by atoms with van der Waals surface area (Å²) in [7, 11) is -2.39. The van der Waals surface area contributed by atoms with Gasteiger partial charge in [-0.05, 0) is 62.4 Å². The van der Waals surface area contributed by atoms with E-state index in [1.165, 1.54) is 12.1 Å². The van der Waals surface area contributed by atoms with E-state index in [0.717, 1.165) is 16.2 Å². The SMILES string of the molecule is COc1ccc(N=Nc2c(C)nn(S(=O)(=O)c3ccc(F)cc3)c2C)cc1. The zero-order chi connectivity index (χ0) is 19.6. The van der Waals surface area contributed by atoms with Crippen LogP contribution in [0, 0.1) is 19.7 Å². The molecule has 0 saturated heterocycles. The molecule has 0 fully saturated rings. The molecule has 0 aliphatic carbocycles. The molecule has 0 bridgehead atoms. The summed E-state index contributed by atoms with van der Waals surface area (Å²) in [4.78, 5) is -0.0619. The molecule has 0 amide bonds. The molecule has 3 aromatic rings. The molecule has 3 rings (SSSR count). The molecule has 0 aliphatic heterocycles. The van der Waals surface area contributed by atoms with Crippen molar-refractivity contribution in [2.45, 2.75) is 18.7 Å². The molecule has 0 aliphatic rings. The van der Waals surface area contributed by atoms with E-state index in [1.54, 1.807) is 45.2 Å². The van der Waals surface area contributed by atoms with Crippen LogP contribution in [0.3, 0.4) is 0 Å². The number of hydrogen-bond donors (Lipinski definition) is 0. The Bertz CT molecular complexity index is 1090. The highest BCUT2D eigenvalue weighted by Gasteiger charge is 2.23. The average molecular weight is 388 g/mol. The number of azo groups is 1. The van der Waals surface area contributed by atoms with Gasteiger partial charge in [0.2, 0.25) is 0 Å². The maximum atomic E-state index is 13.1. The Morgan fingerprint density at radius 3 is 2.22 bits per heavy atom. The maximum Gasteiger partial charge on any atom is 0.283 e. The Kier molecular flexibility index (Phi) is 5.04. The molecular formula is C18H17FN4O3S. The number of ether oxygens (including phenoxy) is 1. The van der Waals surface area contributed by atoms with Crippen molar-refractivity contribution in [1.29, 1.82) is 0 Å². The molecule has 27 heavy (non-hydrogen) atoms. The number of aromatic nitrogens is 2. The molecule has 0 radical (unpaired) electrons. The summed E-state index contributed by atoms with van der Waals surface area (Å²) in [6, 6.07) is 11.5. The molecule has 2 aromatic carbocycles. The van der Waals surface area contributed by atoms with Crippen molar-refractivity contribution in [3.63, 3.8) is 0 Å². The first-order valence-electron chi connectivity index (χ1n) is 7.96. The van der Waals surface area contributed by atoms with E-state index in [2.05, 4.69) is 15.3 Å². The Balaban J connectivity index is 1.96. The van der Waals surface area contributed by atoms with E-state index < -0.39 is 15.8 Å². The molecule has 9 heteroatoms. The monoisotopic (exact) mass is 388 g/mol. The summed E-state index contributed by atoms with van der Waals surface area (Å²) in [6.07, 6.45) is 0. The van der Waals surface area contributed by atoms with Gasteiger partial charge in [-0.3, -0.25) is 0 Å². The first kappa shape index (κ1) is 18.7. The lowest BCUT2D eigenvalue weighted by Crippen LogP contribution is -2.16. The Hall–Kier alpha value is -3.07. The van der Waals surface area contributed by atoms with Gasteiger partial charge in [-0.25, -0.2) is 4.39 Å². The zero-order valence-electron chi connectivity index (χ0n) is 14.9. The summed E-state index contributed by atoms with van der Waals surface area (Å²) in [6.45, 7) is 3.23. The molecule has 140 valence electrons. The van der Waals surface area contributed by atoms with Crippen molar-refractivity contribution < 1.29 is 17.5 Å². The van der Waals surface area contributed by atoms with E-state index in [9.17, 15) is 12.8 Å². The molecule has 0 unspecified atom stereocenters. The topological polar surface area (TPSA) is 85.9 Å². The normalized spacial score (nSPS) is 11.9. The largest absolute Gasteiger partial charge is 0.497 e. The molecule has 0 N–H and O–H groups in total. The second-order valence-corrected chi connectivity index (χ2v) is 7.49. The summed E-state index contributed by atoms with van der Waals surface area (Å²) in [5.41, 5.74) is 1.67. The number of benzene rings is 2. The third kappa shape index (κ3) is 3.72. The Morgan fingerprint density at radius 2 is 1.63 bits per heavy atom. The lowest BCUT2D eigenvalue weighted by Gasteiger charge is -2.06. The van der Waals surface area contributed by atoms with Gasteiger partial charge in [0.25, 0.3) is 10.0 Å². The van der Waals surface area contributed by atoms with Crippen LogP contribution in [0.5, 0.6) is 5.75 Å². The lowest BCUT2D eigenvalue weighted by atomic mass is 10.3. The van der Waals surface area contributed by atoms with Crippen molar-refractivity contribution >= 4 is 21.4 Å². The minimum Gasteiger partial charge on any atom is -0.497 e. The summed E-state index contributed by atoms with van der Waals surface area (Å²) >= 11 is 0. The fourth-order valence-electron chi connectivity index (χ4n) is 2.45. The van der Waals surface area contributed by atoms with Gasteiger partial charge in [0.05, 0.1) is 29.1 Å². The molecule has 7 nitrogen and oxygen atoms in total. The van der Waals surface area contributed by atoms with Crippen LogP contribution in [0.2, 0.25) is 0 Å². The first-order valence-corrected chi connectivity index (χ1v) is 9.40. The van der Waals surface area contributed by atoms with Crippen LogP contribution >= 0.6 is 0 Å². The zero-order valence-corrected chi connectivity index (χ0v) is 15.7. The predicted octanol–water partition coefficient (Wildman–Crippen LogP) is 4.30. The third-order valence-corrected chi connectivity index (χ3v) is 5.57. The number of methoxy groups -OCH3 is 1. The lowest BCUT2D eigenvalue weighted by molar-refractivity contribution is 0.415. The van der Waals surface area contributed by atoms with E-state index in [1.807, 2.05) is 0 Å². The highest BCUT2D eigenvalue weighted by Crippen LogP contribution is 2.28. The Morgan fingerprint density at radius 1 is 1.00 bits per heavy atom. The number of nitrogens with zero attached hydrogens (tertiary/aromatic N) is 4. The van der Waals surface area contributed by atoms with E-state index in [-0.39, 0.29) is 4.90 Å². The minimum absolute atomic E-state index is 0.0619. The van der Waals surface area contributed by atoms with Crippen molar-refractivity contribution in [1.82, 2.24) is 9.19 Å². The minimum atomic E-state index is -3.96. The van der Waals surface area contributed by atoms with Crippen LogP contribution < -0.4 is 4.74 Å². The van der Waals surface area contributed by atoms with Crippen molar-refractivity contribution in [2.24, 2.45) is 10.2 Å². The highest BCUT2D eigenvalue weighted by atomic mass is 32.2. The third-order valence-electron chi connectivity index (χ3n) is 3.89. The highest BCUT2D eigenvalue weighted by molar-refractivity contribution is 7.89. The van der Waals surface area contributed by atoms with E-state index >= 15 is 0 Å². The van der Waals surface area contributed by atoms with Gasteiger partial charge in [0, 0.05) is 0 Å². The van der Waals surface area contributed by atoms with E-state index in [4.69, 9.17) is 4.74 Å². The quantitative estimate of drug-likeness (QED) is 0.610. The van der Waals surface area contributed by atoms with Gasteiger partial charge in [-0.2, -0.15) is 22.7 Å². The maximum absolute atomic E-state index is 13.1. The molecule has 0 saturated carbocycles. The van der Waals surface area contributed by atoms with Crippen molar-refractivity contribution in [2.75, 3.05) is 7.11 Å². The molecule has 1 heterocycles. The van der Waals surface area contributed by atoms with Gasteiger partial charge in [0.1, 0.15) is 17.3 Å². The molecule has 1 aromatic heterocycles. The molecule has 0 spiro atoms. The first-order chi connectivity index (χ1) is 12.8. The Labute approximate surface area is 156 Å². The van der Waals surface area contributed by atoms with Gasteiger partial charge in [0.15, 0.2) is 0 Å². The molecule has 0 atom stereocenters. The number of hydrogen-bond acceptors (Lipinski definition) is 6. The summed E-state index contributed by atoms with van der Waals surface area (Å²) in [5, 5.41) is 12.4. The standard InChI is InChI=1S/C18H17FN4O3S/c1-12-18(21-20-15-6-8-16(26-3)9-7-15)13(2)23(22-12)27(24,25)17-10-4-14(19)5-11-17/h4-11H,1-3H3. The molecular weight excluding hydrogens is 371 g/mol. The summed E-state index contributed by atoms with van der Waals surface area (Å²) in [5.74, 6) is 0.177. The second-order valence-electron chi connectivity index (χ2n) is 5.72. The van der Waals surface area contributed by atoms with Crippen LogP contribution in [0.25, 0.3) is 0 Å². The fourth-order valence-corrected chi connectivity index (χ4v) is 3.81. The van der Waals surface area contributed by atoms with Crippen LogP contribution in [-0.4, -0.2) is 24.7 Å². The van der Waals surface area contributed by atoms with E-state index in [0.29, 0.717) is 28.5 Å². The van der Waals surface area contributed by atoms with Gasteiger partial charge >= 0.3 is 0 Å². The predicted molar refractivity (Wildman–Crippen MR) is 97.9 cm³/mol. The van der Waals surface area contributed by atoms with Crippen molar-refractivity contribution in [3.05, 3.63) is 65.7 Å². The van der Waals surface area contributed by atoms with Gasteiger partial charge < -0.3 is 4.74 Å². The number of halogens is 1. The second kappa shape index (κ2) is 7.28. The van der Waals surface area contributed by atoms with Crippen LogP contribution in [0.15, 0.2) is 63.7 Å². The smallest absolute Gasteiger partial charge is 0.283 e.